The molecule has 0 heterocycles. The number of benzene rings is 1. The van der Waals surface area contributed by atoms with E-state index in [0.717, 1.165) is 0 Å². The molecule has 0 saturated heterocycles. The minimum atomic E-state index is -0.446. The summed E-state index contributed by atoms with van der Waals surface area (Å²) in [6.07, 6.45) is 0.183. The van der Waals surface area contributed by atoms with Gasteiger partial charge in [0, 0.05) is 37.3 Å². The largest absolute Gasteiger partial charge is 0.399 e. The normalized spacial score (nSPS) is 9.95. The molecular weight excluding hydrogens is 248 g/mol. The highest BCUT2D eigenvalue weighted by molar-refractivity contribution is 5.94. The summed E-state index contributed by atoms with van der Waals surface area (Å²) in [4.78, 5) is 22.4. The van der Waals surface area contributed by atoms with Gasteiger partial charge in [-0.25, -0.2) is 5.48 Å². The van der Waals surface area contributed by atoms with Gasteiger partial charge in [-0.1, -0.05) is 0 Å². The number of nitrogen functional groups attached to an aromatic ring is 1. The number of hydrogen-bond acceptors (Lipinski definition) is 5. The Balaban J connectivity index is 2.14. The molecule has 7 heteroatoms. The van der Waals surface area contributed by atoms with Gasteiger partial charge in [-0.05, 0) is 24.3 Å². The average Bonchev–Trinajstić information content (AvgIpc) is 2.42. The molecule has 0 unspecified atom stereocenters. The first-order chi connectivity index (χ1) is 9.13. The second-order valence-electron chi connectivity index (χ2n) is 3.91. The highest BCUT2D eigenvalue weighted by Crippen LogP contribution is 2.04. The van der Waals surface area contributed by atoms with Gasteiger partial charge in [0.2, 0.25) is 5.91 Å². The van der Waals surface area contributed by atoms with Crippen molar-refractivity contribution in [3.05, 3.63) is 29.8 Å². The Morgan fingerprint density at radius 2 is 1.79 bits per heavy atom. The third kappa shape index (κ3) is 5.84. The molecule has 0 atom stereocenters. The number of hydrogen-bond donors (Lipinski definition) is 5. The van der Waals surface area contributed by atoms with Gasteiger partial charge in [-0.2, -0.15) is 0 Å². The predicted octanol–water partition coefficient (Wildman–Crippen LogP) is -0.516. The van der Waals surface area contributed by atoms with Crippen molar-refractivity contribution < 1.29 is 14.8 Å². The highest BCUT2D eigenvalue weighted by Gasteiger charge is 2.03. The lowest BCUT2D eigenvalue weighted by molar-refractivity contribution is -0.129. The molecule has 2 amide bonds. The molecule has 104 valence electrons. The molecule has 7 nitrogen and oxygen atoms in total. The van der Waals surface area contributed by atoms with E-state index >= 15 is 0 Å². The van der Waals surface area contributed by atoms with Crippen molar-refractivity contribution in [3.8, 4) is 0 Å². The minimum Gasteiger partial charge on any atom is -0.399 e. The first-order valence-corrected chi connectivity index (χ1v) is 5.91. The second kappa shape index (κ2) is 8.06. The van der Waals surface area contributed by atoms with Crippen molar-refractivity contribution >= 4 is 17.5 Å². The molecule has 19 heavy (non-hydrogen) atoms. The first-order valence-electron chi connectivity index (χ1n) is 5.91. The lowest BCUT2D eigenvalue weighted by Gasteiger charge is -2.06. The van der Waals surface area contributed by atoms with Crippen LogP contribution in [-0.4, -0.2) is 36.7 Å². The minimum absolute atomic E-state index is 0.171. The Kier molecular flexibility index (Phi) is 6.34. The molecule has 0 aliphatic heterocycles. The van der Waals surface area contributed by atoms with Crippen LogP contribution < -0.4 is 21.8 Å². The number of carbonyl (C=O) groups is 2. The average molecular weight is 266 g/mol. The van der Waals surface area contributed by atoms with E-state index < -0.39 is 5.91 Å². The SMILES string of the molecule is Nc1ccc(C(=O)NCCNCCC(=O)NO)cc1. The van der Waals surface area contributed by atoms with Crippen LogP contribution >= 0.6 is 0 Å². The molecule has 1 rings (SSSR count). The van der Waals surface area contributed by atoms with Gasteiger partial charge in [-0.15, -0.1) is 0 Å². The van der Waals surface area contributed by atoms with E-state index in [-0.39, 0.29) is 12.3 Å². The molecule has 0 aromatic heterocycles. The lowest BCUT2D eigenvalue weighted by Crippen LogP contribution is -2.33. The van der Waals surface area contributed by atoms with Crippen LogP contribution in [-0.2, 0) is 4.79 Å². The fourth-order valence-corrected chi connectivity index (χ4v) is 1.38. The molecule has 0 radical (unpaired) electrons. The molecule has 0 spiro atoms. The van der Waals surface area contributed by atoms with Gasteiger partial charge in [0.05, 0.1) is 0 Å². The topological polar surface area (TPSA) is 116 Å². The van der Waals surface area contributed by atoms with Crippen molar-refractivity contribution in [2.24, 2.45) is 0 Å². The van der Waals surface area contributed by atoms with E-state index in [4.69, 9.17) is 10.9 Å². The number of nitrogens with one attached hydrogen (secondary N) is 3. The first kappa shape index (κ1) is 14.9. The van der Waals surface area contributed by atoms with E-state index in [1.54, 1.807) is 29.7 Å². The van der Waals surface area contributed by atoms with Crippen molar-refractivity contribution in [2.45, 2.75) is 6.42 Å². The van der Waals surface area contributed by atoms with Crippen molar-refractivity contribution in [1.82, 2.24) is 16.1 Å². The maximum Gasteiger partial charge on any atom is 0.251 e. The molecule has 1 aromatic carbocycles. The van der Waals surface area contributed by atoms with Crippen LogP contribution in [0.2, 0.25) is 0 Å². The molecular formula is C12H18N4O3. The van der Waals surface area contributed by atoms with Gasteiger partial charge >= 0.3 is 0 Å². The monoisotopic (exact) mass is 266 g/mol. The molecule has 0 saturated carbocycles. The Morgan fingerprint density at radius 3 is 2.42 bits per heavy atom. The van der Waals surface area contributed by atoms with E-state index in [1.807, 2.05) is 0 Å². The smallest absolute Gasteiger partial charge is 0.251 e. The van der Waals surface area contributed by atoms with E-state index in [9.17, 15) is 9.59 Å². The van der Waals surface area contributed by atoms with Crippen LogP contribution in [0.4, 0.5) is 5.69 Å². The quantitative estimate of drug-likeness (QED) is 0.197. The molecule has 0 aliphatic carbocycles. The number of amides is 2. The van der Waals surface area contributed by atoms with Crippen LogP contribution in [0.25, 0.3) is 0 Å². The lowest BCUT2D eigenvalue weighted by atomic mass is 10.2. The van der Waals surface area contributed by atoms with E-state index in [2.05, 4.69) is 10.6 Å². The molecule has 0 fully saturated rings. The van der Waals surface area contributed by atoms with Gasteiger partial charge in [-0.3, -0.25) is 14.8 Å². The highest BCUT2D eigenvalue weighted by atomic mass is 16.5. The van der Waals surface area contributed by atoms with Gasteiger partial charge in [0.1, 0.15) is 0 Å². The summed E-state index contributed by atoms with van der Waals surface area (Å²) in [7, 11) is 0. The number of carbonyl (C=O) groups excluding carboxylic acids is 2. The number of rotatable bonds is 7. The Labute approximate surface area is 111 Å². The Bertz CT molecular complexity index is 419. The van der Waals surface area contributed by atoms with Crippen LogP contribution in [0, 0.1) is 0 Å². The summed E-state index contributed by atoms with van der Waals surface area (Å²) in [5.41, 5.74) is 8.23. The summed E-state index contributed by atoms with van der Waals surface area (Å²) in [5, 5.41) is 14.0. The van der Waals surface area contributed by atoms with Crippen LogP contribution in [0.15, 0.2) is 24.3 Å². The van der Waals surface area contributed by atoms with Gasteiger partial charge in [0.15, 0.2) is 0 Å². The maximum atomic E-state index is 11.7. The van der Waals surface area contributed by atoms with Crippen molar-refractivity contribution in [1.29, 1.82) is 0 Å². The fraction of sp³-hybridized carbons (Fsp3) is 0.333. The standard InChI is InChI=1S/C12H18N4O3/c13-10-3-1-9(2-4-10)12(18)15-8-7-14-6-5-11(17)16-19/h1-4,14,19H,5-8,13H2,(H,15,18)(H,16,17). The molecule has 1 aromatic rings. The van der Waals surface area contributed by atoms with Crippen LogP contribution in [0.3, 0.4) is 0 Å². The van der Waals surface area contributed by atoms with E-state index in [1.165, 1.54) is 0 Å². The van der Waals surface area contributed by atoms with Crippen molar-refractivity contribution in [2.75, 3.05) is 25.4 Å². The third-order valence-corrected chi connectivity index (χ3v) is 2.41. The van der Waals surface area contributed by atoms with Gasteiger partial charge < -0.3 is 16.4 Å². The van der Waals surface area contributed by atoms with Crippen LogP contribution in [0.5, 0.6) is 0 Å². The predicted molar refractivity (Wildman–Crippen MR) is 70.6 cm³/mol. The Hall–Kier alpha value is -2.12. The number of anilines is 1. The second-order valence-corrected chi connectivity index (χ2v) is 3.91. The zero-order valence-electron chi connectivity index (χ0n) is 10.5. The van der Waals surface area contributed by atoms with E-state index in [0.29, 0.717) is 30.9 Å². The van der Waals surface area contributed by atoms with Gasteiger partial charge in [0.25, 0.3) is 5.91 Å². The molecule has 6 N–H and O–H groups in total. The molecule has 0 aliphatic rings. The summed E-state index contributed by atoms with van der Waals surface area (Å²) in [6, 6.07) is 6.65. The van der Waals surface area contributed by atoms with Crippen molar-refractivity contribution in [3.63, 3.8) is 0 Å². The summed E-state index contributed by atoms with van der Waals surface area (Å²) in [6.45, 7) is 1.42. The Morgan fingerprint density at radius 1 is 1.11 bits per heavy atom. The fourth-order valence-electron chi connectivity index (χ4n) is 1.38. The zero-order valence-corrected chi connectivity index (χ0v) is 10.5. The maximum absolute atomic E-state index is 11.7. The third-order valence-electron chi connectivity index (χ3n) is 2.41. The summed E-state index contributed by atoms with van der Waals surface area (Å²) < 4.78 is 0. The summed E-state index contributed by atoms with van der Waals surface area (Å²) >= 11 is 0. The number of nitrogens with two attached hydrogens (primary N) is 1. The molecule has 0 bridgehead atoms. The summed E-state index contributed by atoms with van der Waals surface area (Å²) in [5.74, 6) is -0.617. The zero-order chi connectivity index (χ0) is 14.1. The van der Waals surface area contributed by atoms with Crippen LogP contribution in [0.1, 0.15) is 16.8 Å². The number of hydroxylamine groups is 1.